The number of benzene rings is 1. The van der Waals surface area contributed by atoms with Crippen LogP contribution in [0.2, 0.25) is 0 Å². The molecule has 2 N–H and O–H groups in total. The lowest BCUT2D eigenvalue weighted by Gasteiger charge is -2.30. The molecule has 1 rings (SSSR count). The lowest BCUT2D eigenvalue weighted by Crippen LogP contribution is -2.49. The summed E-state index contributed by atoms with van der Waals surface area (Å²) in [5.74, 6) is -1.12. The first-order chi connectivity index (χ1) is 17.5. The number of nitrogens with zero attached hydrogens (tertiary/aromatic N) is 1. The average molecular weight is 524 g/mol. The van der Waals surface area contributed by atoms with Gasteiger partial charge in [0, 0.05) is 13.0 Å². The number of alkyl carbamates (subject to hydrolysis) is 2. The minimum absolute atomic E-state index is 0.0324. The zero-order chi connectivity index (χ0) is 27.8. The first kappa shape index (κ1) is 31.7. The Labute approximate surface area is 219 Å². The van der Waals surface area contributed by atoms with Gasteiger partial charge in [0.1, 0.15) is 12.2 Å². The molecule has 0 heterocycles. The second-order valence-electron chi connectivity index (χ2n) is 9.33. The van der Waals surface area contributed by atoms with Crippen molar-refractivity contribution in [2.45, 2.75) is 84.6 Å². The van der Waals surface area contributed by atoms with Crippen molar-refractivity contribution in [1.29, 1.82) is 0 Å². The number of carbonyl (C=O) groups excluding carboxylic acids is 4. The van der Waals surface area contributed by atoms with E-state index >= 15 is 0 Å². The van der Waals surface area contributed by atoms with Crippen LogP contribution < -0.4 is 10.6 Å². The number of carbonyl (C=O) groups is 4. The lowest BCUT2D eigenvalue weighted by atomic mass is 10.2. The summed E-state index contributed by atoms with van der Waals surface area (Å²) in [6, 6.07) is 7.66. The van der Waals surface area contributed by atoms with Gasteiger partial charge in [0.25, 0.3) is 0 Å². The Bertz CT molecular complexity index is 857. The summed E-state index contributed by atoms with van der Waals surface area (Å²) in [6.45, 7) is 8.93. The van der Waals surface area contributed by atoms with Gasteiger partial charge in [-0.15, -0.1) is 0 Å². The Balaban J connectivity index is 2.80. The van der Waals surface area contributed by atoms with Crippen LogP contribution in [0.25, 0.3) is 0 Å². The SMILES string of the molecule is CCCC(=O)N(OC[C@H](CC)NC(=O)OCc1ccccc1)[C@@H](CCNC(=O)OC(C)(C)C)C(=O)OC. The van der Waals surface area contributed by atoms with Crippen molar-refractivity contribution in [3.8, 4) is 0 Å². The Morgan fingerprint density at radius 3 is 2.27 bits per heavy atom. The summed E-state index contributed by atoms with van der Waals surface area (Å²) in [5.41, 5.74) is 0.168. The Morgan fingerprint density at radius 1 is 1.03 bits per heavy atom. The van der Waals surface area contributed by atoms with E-state index in [1.54, 1.807) is 20.8 Å². The first-order valence-corrected chi connectivity index (χ1v) is 12.5. The number of hydrogen-bond donors (Lipinski definition) is 2. The molecule has 0 aliphatic carbocycles. The van der Waals surface area contributed by atoms with E-state index in [2.05, 4.69) is 10.6 Å². The van der Waals surface area contributed by atoms with Crippen molar-refractivity contribution >= 4 is 24.1 Å². The highest BCUT2D eigenvalue weighted by molar-refractivity contribution is 5.83. The number of amides is 3. The second kappa shape index (κ2) is 16.4. The van der Waals surface area contributed by atoms with Crippen molar-refractivity contribution < 1.29 is 38.2 Å². The van der Waals surface area contributed by atoms with E-state index in [4.69, 9.17) is 19.0 Å². The third-order valence-corrected chi connectivity index (χ3v) is 4.99. The summed E-state index contributed by atoms with van der Waals surface area (Å²) < 4.78 is 15.3. The summed E-state index contributed by atoms with van der Waals surface area (Å²) >= 11 is 0. The second-order valence-corrected chi connectivity index (χ2v) is 9.33. The molecule has 0 aliphatic heterocycles. The smallest absolute Gasteiger partial charge is 0.407 e. The van der Waals surface area contributed by atoms with Gasteiger partial charge in [0.05, 0.1) is 19.8 Å². The first-order valence-electron chi connectivity index (χ1n) is 12.5. The van der Waals surface area contributed by atoms with Crippen molar-refractivity contribution in [3.63, 3.8) is 0 Å². The van der Waals surface area contributed by atoms with Gasteiger partial charge in [-0.3, -0.25) is 9.63 Å². The molecule has 0 bridgehead atoms. The minimum atomic E-state index is -1.11. The van der Waals surface area contributed by atoms with Crippen LogP contribution in [0.1, 0.15) is 65.9 Å². The predicted octanol–water partition coefficient (Wildman–Crippen LogP) is 3.71. The van der Waals surface area contributed by atoms with E-state index in [9.17, 15) is 19.2 Å². The molecule has 0 radical (unpaired) electrons. The fourth-order valence-corrected chi connectivity index (χ4v) is 3.12. The molecular formula is C26H41N3O8. The van der Waals surface area contributed by atoms with Crippen LogP contribution in [0.15, 0.2) is 30.3 Å². The van der Waals surface area contributed by atoms with E-state index in [1.807, 2.05) is 44.2 Å². The van der Waals surface area contributed by atoms with E-state index in [0.29, 0.717) is 12.8 Å². The van der Waals surface area contributed by atoms with Crippen LogP contribution in [0.5, 0.6) is 0 Å². The lowest BCUT2D eigenvalue weighted by molar-refractivity contribution is -0.210. The van der Waals surface area contributed by atoms with Gasteiger partial charge in [0.2, 0.25) is 5.91 Å². The number of rotatable bonds is 14. The number of esters is 1. The molecule has 1 aromatic carbocycles. The number of ether oxygens (including phenoxy) is 3. The van der Waals surface area contributed by atoms with Crippen LogP contribution in [-0.4, -0.2) is 67.1 Å². The molecular weight excluding hydrogens is 482 g/mol. The van der Waals surface area contributed by atoms with E-state index < -0.39 is 41.7 Å². The highest BCUT2D eigenvalue weighted by atomic mass is 16.7. The minimum Gasteiger partial charge on any atom is -0.467 e. The molecule has 0 aliphatic rings. The van der Waals surface area contributed by atoms with Crippen LogP contribution in [0, 0.1) is 0 Å². The van der Waals surface area contributed by atoms with Crippen LogP contribution in [0.3, 0.4) is 0 Å². The predicted molar refractivity (Wildman–Crippen MR) is 136 cm³/mol. The molecule has 2 atom stereocenters. The molecule has 0 spiro atoms. The Hall–Kier alpha value is -3.34. The van der Waals surface area contributed by atoms with Gasteiger partial charge in [-0.1, -0.05) is 44.2 Å². The third-order valence-electron chi connectivity index (χ3n) is 4.99. The summed E-state index contributed by atoms with van der Waals surface area (Å²) in [5, 5.41) is 6.26. The van der Waals surface area contributed by atoms with Gasteiger partial charge >= 0.3 is 18.2 Å². The molecule has 11 nitrogen and oxygen atoms in total. The fourth-order valence-electron chi connectivity index (χ4n) is 3.12. The number of nitrogens with one attached hydrogen (secondary N) is 2. The third kappa shape index (κ3) is 13.0. The van der Waals surface area contributed by atoms with Gasteiger partial charge in [-0.2, -0.15) is 0 Å². The number of hydroxylamine groups is 2. The molecule has 0 saturated carbocycles. The maximum atomic E-state index is 12.8. The van der Waals surface area contributed by atoms with Crippen molar-refractivity contribution in [2.24, 2.45) is 0 Å². The summed E-state index contributed by atoms with van der Waals surface area (Å²) in [7, 11) is 1.21. The number of hydrogen-bond acceptors (Lipinski definition) is 8. The number of methoxy groups -OCH3 is 1. The topological polar surface area (TPSA) is 132 Å². The van der Waals surface area contributed by atoms with Crippen molar-refractivity contribution in [1.82, 2.24) is 15.7 Å². The largest absolute Gasteiger partial charge is 0.467 e. The maximum Gasteiger partial charge on any atom is 0.407 e. The maximum absolute atomic E-state index is 12.8. The zero-order valence-corrected chi connectivity index (χ0v) is 22.7. The fraction of sp³-hybridized carbons (Fsp3) is 0.615. The normalized spacial score (nSPS) is 12.6. The molecule has 0 aromatic heterocycles. The highest BCUT2D eigenvalue weighted by Crippen LogP contribution is 2.13. The highest BCUT2D eigenvalue weighted by Gasteiger charge is 2.32. The van der Waals surface area contributed by atoms with E-state index in [1.165, 1.54) is 7.11 Å². The molecule has 208 valence electrons. The summed E-state index contributed by atoms with van der Waals surface area (Å²) in [6.07, 6.45) is -0.0887. The van der Waals surface area contributed by atoms with Crippen LogP contribution in [-0.2, 0) is 35.2 Å². The van der Waals surface area contributed by atoms with Crippen LogP contribution in [0.4, 0.5) is 9.59 Å². The molecule has 3 amide bonds. The van der Waals surface area contributed by atoms with Gasteiger partial charge in [0.15, 0.2) is 6.04 Å². The zero-order valence-electron chi connectivity index (χ0n) is 22.7. The Kier molecular flexibility index (Phi) is 14.1. The van der Waals surface area contributed by atoms with Gasteiger partial charge in [-0.25, -0.2) is 19.4 Å². The van der Waals surface area contributed by atoms with Gasteiger partial charge in [-0.05, 0) is 45.6 Å². The molecule has 37 heavy (non-hydrogen) atoms. The standard InChI is InChI=1S/C26H41N3O8/c1-7-12-22(30)29(21(23(31)34-6)15-16-27-24(32)37-26(3,4)5)36-18-20(8-2)28-25(33)35-17-19-13-10-9-11-14-19/h9-11,13-14,20-21H,7-8,12,15-18H2,1-6H3,(H,27,32)(H,28,33)/t20-,21-/m0/s1. The van der Waals surface area contributed by atoms with Crippen LogP contribution >= 0.6 is 0 Å². The Morgan fingerprint density at radius 2 is 1.70 bits per heavy atom. The molecule has 1 aromatic rings. The average Bonchev–Trinajstić information content (AvgIpc) is 2.84. The van der Waals surface area contributed by atoms with E-state index in [0.717, 1.165) is 10.6 Å². The van der Waals surface area contributed by atoms with Crippen molar-refractivity contribution in [3.05, 3.63) is 35.9 Å². The molecule has 0 fully saturated rings. The quantitative estimate of drug-likeness (QED) is 0.214. The monoisotopic (exact) mass is 523 g/mol. The molecule has 11 heteroatoms. The summed E-state index contributed by atoms with van der Waals surface area (Å²) in [4.78, 5) is 55.4. The molecule has 0 saturated heterocycles. The molecule has 0 unspecified atom stereocenters. The van der Waals surface area contributed by atoms with Crippen molar-refractivity contribution in [2.75, 3.05) is 20.3 Å². The van der Waals surface area contributed by atoms with E-state index in [-0.39, 0.29) is 32.6 Å². The van der Waals surface area contributed by atoms with Gasteiger partial charge < -0.3 is 24.8 Å².